The lowest BCUT2D eigenvalue weighted by Crippen LogP contribution is -2.27. The molecule has 0 spiro atoms. The van der Waals surface area contributed by atoms with Gasteiger partial charge in [0.15, 0.2) is 8.32 Å². The van der Waals surface area contributed by atoms with E-state index in [1.54, 1.807) is 0 Å². The van der Waals surface area contributed by atoms with Crippen molar-refractivity contribution in [2.75, 3.05) is 0 Å². The average Bonchev–Trinajstić information content (AvgIpc) is 2.14. The summed E-state index contributed by atoms with van der Waals surface area (Å²) in [5.41, 5.74) is 1.11. The Labute approximate surface area is 98.5 Å². The van der Waals surface area contributed by atoms with Crippen molar-refractivity contribution in [1.29, 1.82) is 0 Å². The molecular formula is C12H19ClOSi. The van der Waals surface area contributed by atoms with Gasteiger partial charge in [0.1, 0.15) is 0 Å². The zero-order valence-electron chi connectivity index (χ0n) is 9.88. The van der Waals surface area contributed by atoms with E-state index in [1.807, 2.05) is 18.2 Å². The third-order valence-corrected chi connectivity index (χ3v) is 3.45. The zero-order valence-corrected chi connectivity index (χ0v) is 11.6. The molecule has 1 rings (SSSR count). The zero-order chi connectivity index (χ0) is 11.5. The normalized spacial score (nSPS) is 13.9. The van der Waals surface area contributed by atoms with E-state index >= 15 is 0 Å². The standard InChI is InChI=1S/C12H19ClOSi/c1-5-12(14-15(2,3)4)10-8-6-7-9-11(10)13/h6-9,12H,5H2,1-4H3. The smallest absolute Gasteiger partial charge is 0.184 e. The average molecular weight is 243 g/mol. The molecule has 0 amide bonds. The Bertz CT molecular complexity index is 320. The number of hydrogen-bond donors (Lipinski definition) is 0. The van der Waals surface area contributed by atoms with Crippen molar-refractivity contribution in [2.45, 2.75) is 39.1 Å². The maximum absolute atomic E-state index is 6.16. The number of rotatable bonds is 4. The molecule has 0 aliphatic carbocycles. The molecule has 0 aliphatic heterocycles. The third-order valence-electron chi connectivity index (χ3n) is 2.12. The van der Waals surface area contributed by atoms with E-state index in [-0.39, 0.29) is 6.10 Å². The quantitative estimate of drug-likeness (QED) is 0.699. The molecule has 0 heterocycles. The van der Waals surface area contributed by atoms with Gasteiger partial charge in [0, 0.05) is 5.02 Å². The van der Waals surface area contributed by atoms with Crippen LogP contribution in [0.25, 0.3) is 0 Å². The van der Waals surface area contributed by atoms with Crippen LogP contribution in [-0.2, 0) is 4.43 Å². The van der Waals surface area contributed by atoms with Crippen LogP contribution < -0.4 is 0 Å². The highest BCUT2D eigenvalue weighted by atomic mass is 35.5. The van der Waals surface area contributed by atoms with Crippen molar-refractivity contribution >= 4 is 19.9 Å². The largest absolute Gasteiger partial charge is 0.411 e. The molecule has 0 saturated carbocycles. The van der Waals surface area contributed by atoms with Crippen LogP contribution in [0, 0.1) is 0 Å². The molecule has 84 valence electrons. The van der Waals surface area contributed by atoms with Gasteiger partial charge in [0.2, 0.25) is 0 Å². The van der Waals surface area contributed by atoms with E-state index in [2.05, 4.69) is 32.6 Å². The maximum Gasteiger partial charge on any atom is 0.184 e. The highest BCUT2D eigenvalue weighted by Crippen LogP contribution is 2.30. The van der Waals surface area contributed by atoms with Crippen molar-refractivity contribution in [2.24, 2.45) is 0 Å². The molecule has 1 atom stereocenters. The van der Waals surface area contributed by atoms with Crippen molar-refractivity contribution in [1.82, 2.24) is 0 Å². The summed E-state index contributed by atoms with van der Waals surface area (Å²) < 4.78 is 6.11. The molecule has 1 nitrogen and oxygen atoms in total. The minimum Gasteiger partial charge on any atom is -0.411 e. The first-order valence-corrected chi connectivity index (χ1v) is 9.15. The molecule has 0 aliphatic rings. The number of halogens is 1. The van der Waals surface area contributed by atoms with Gasteiger partial charge in [-0.1, -0.05) is 36.7 Å². The highest BCUT2D eigenvalue weighted by Gasteiger charge is 2.22. The second kappa shape index (κ2) is 5.15. The summed E-state index contributed by atoms with van der Waals surface area (Å²) in [6.45, 7) is 8.74. The Morgan fingerprint density at radius 3 is 2.33 bits per heavy atom. The van der Waals surface area contributed by atoms with E-state index in [9.17, 15) is 0 Å². The summed E-state index contributed by atoms with van der Waals surface area (Å²) in [6.07, 6.45) is 1.11. The molecule has 1 aromatic rings. The van der Waals surface area contributed by atoms with Gasteiger partial charge in [-0.2, -0.15) is 0 Å². The van der Waals surface area contributed by atoms with E-state index in [4.69, 9.17) is 16.0 Å². The first-order chi connectivity index (χ1) is 6.94. The Balaban J connectivity index is 2.88. The van der Waals surface area contributed by atoms with Gasteiger partial charge in [-0.05, 0) is 37.7 Å². The highest BCUT2D eigenvalue weighted by molar-refractivity contribution is 6.69. The fraction of sp³-hybridized carbons (Fsp3) is 0.500. The van der Waals surface area contributed by atoms with Gasteiger partial charge in [-0.25, -0.2) is 0 Å². The summed E-state index contributed by atoms with van der Waals surface area (Å²) in [5, 5.41) is 0.808. The van der Waals surface area contributed by atoms with Gasteiger partial charge in [0.05, 0.1) is 6.10 Å². The van der Waals surface area contributed by atoms with Crippen molar-refractivity contribution in [3.05, 3.63) is 34.9 Å². The topological polar surface area (TPSA) is 9.23 Å². The second-order valence-corrected chi connectivity index (χ2v) is 9.52. The summed E-state index contributed by atoms with van der Waals surface area (Å²) in [6, 6.07) is 7.94. The fourth-order valence-electron chi connectivity index (χ4n) is 1.53. The molecule has 1 unspecified atom stereocenters. The fourth-order valence-corrected chi connectivity index (χ4v) is 2.93. The Morgan fingerprint density at radius 2 is 1.87 bits per heavy atom. The first-order valence-electron chi connectivity index (χ1n) is 5.36. The van der Waals surface area contributed by atoms with Gasteiger partial charge in [-0.15, -0.1) is 0 Å². The minimum atomic E-state index is -1.51. The lowest BCUT2D eigenvalue weighted by atomic mass is 10.1. The van der Waals surface area contributed by atoms with Crippen LogP contribution in [-0.4, -0.2) is 8.32 Å². The van der Waals surface area contributed by atoms with Crippen molar-refractivity contribution in [3.8, 4) is 0 Å². The second-order valence-electron chi connectivity index (χ2n) is 4.65. The van der Waals surface area contributed by atoms with Crippen LogP contribution in [0.15, 0.2) is 24.3 Å². The van der Waals surface area contributed by atoms with Crippen molar-refractivity contribution < 1.29 is 4.43 Å². The van der Waals surface area contributed by atoms with Crippen LogP contribution >= 0.6 is 11.6 Å². The molecular weight excluding hydrogens is 224 g/mol. The SMILES string of the molecule is CCC(O[Si](C)(C)C)c1ccccc1Cl. The molecule has 0 fully saturated rings. The van der Waals surface area contributed by atoms with Crippen LogP contribution in [0.2, 0.25) is 24.7 Å². The summed E-state index contributed by atoms with van der Waals surface area (Å²) in [5.74, 6) is 0. The van der Waals surface area contributed by atoms with Crippen LogP contribution in [0.4, 0.5) is 0 Å². The van der Waals surface area contributed by atoms with Gasteiger partial charge in [0.25, 0.3) is 0 Å². The predicted molar refractivity (Wildman–Crippen MR) is 68.9 cm³/mol. The lowest BCUT2D eigenvalue weighted by Gasteiger charge is -2.26. The molecule has 15 heavy (non-hydrogen) atoms. The predicted octanol–water partition coefficient (Wildman–Crippen LogP) is 4.64. The van der Waals surface area contributed by atoms with E-state index < -0.39 is 8.32 Å². The summed E-state index contributed by atoms with van der Waals surface area (Å²) >= 11 is 6.16. The molecule has 1 aromatic carbocycles. The van der Waals surface area contributed by atoms with Crippen LogP contribution in [0.5, 0.6) is 0 Å². The van der Waals surface area contributed by atoms with E-state index in [1.165, 1.54) is 0 Å². The molecule has 0 N–H and O–H groups in total. The third kappa shape index (κ3) is 3.97. The first kappa shape index (κ1) is 12.8. The minimum absolute atomic E-state index is 0.144. The van der Waals surface area contributed by atoms with Gasteiger partial charge >= 0.3 is 0 Å². The number of benzene rings is 1. The van der Waals surface area contributed by atoms with Gasteiger partial charge in [-0.3, -0.25) is 0 Å². The van der Waals surface area contributed by atoms with Crippen LogP contribution in [0.3, 0.4) is 0 Å². The summed E-state index contributed by atoms with van der Waals surface area (Å²) in [7, 11) is -1.51. The van der Waals surface area contributed by atoms with Gasteiger partial charge < -0.3 is 4.43 Å². The van der Waals surface area contributed by atoms with Crippen LogP contribution in [0.1, 0.15) is 25.0 Å². The Kier molecular flexibility index (Phi) is 4.38. The Hall–Kier alpha value is -0.313. The Morgan fingerprint density at radius 1 is 1.27 bits per heavy atom. The van der Waals surface area contributed by atoms with Crippen molar-refractivity contribution in [3.63, 3.8) is 0 Å². The summed E-state index contributed by atoms with van der Waals surface area (Å²) in [4.78, 5) is 0. The molecule has 0 aromatic heterocycles. The molecule has 0 radical (unpaired) electrons. The molecule has 0 bridgehead atoms. The molecule has 0 saturated heterocycles. The monoisotopic (exact) mass is 242 g/mol. The lowest BCUT2D eigenvalue weighted by molar-refractivity contribution is 0.193. The van der Waals surface area contributed by atoms with E-state index in [0.717, 1.165) is 17.0 Å². The molecule has 3 heteroatoms. The number of hydrogen-bond acceptors (Lipinski definition) is 1. The van der Waals surface area contributed by atoms with E-state index in [0.29, 0.717) is 0 Å². The maximum atomic E-state index is 6.16.